The fraction of sp³-hybridized carbons (Fsp3) is 0.571. The van der Waals surface area contributed by atoms with Crippen LogP contribution in [-0.2, 0) is 6.18 Å². The Morgan fingerprint density at radius 1 is 1.16 bits per heavy atom. The van der Waals surface area contributed by atoms with Gasteiger partial charge in [0.1, 0.15) is 5.75 Å². The van der Waals surface area contributed by atoms with Gasteiger partial charge in [-0.05, 0) is 30.0 Å². The Hall–Kier alpha value is -1.39. The van der Waals surface area contributed by atoms with Crippen LogP contribution in [0.15, 0.2) is 18.2 Å². The van der Waals surface area contributed by atoms with E-state index in [9.17, 15) is 13.2 Å². The molecule has 2 nitrogen and oxygen atoms in total. The Labute approximate surface area is 112 Å². The third-order valence-electron chi connectivity index (χ3n) is 2.72. The van der Waals surface area contributed by atoms with Crippen LogP contribution in [0.4, 0.5) is 18.9 Å². The van der Waals surface area contributed by atoms with Crippen LogP contribution >= 0.6 is 0 Å². The topological polar surface area (TPSA) is 21.3 Å². The molecule has 0 aliphatic carbocycles. The van der Waals surface area contributed by atoms with Gasteiger partial charge >= 0.3 is 6.18 Å². The maximum absolute atomic E-state index is 12.9. The Kier molecular flexibility index (Phi) is 4.71. The van der Waals surface area contributed by atoms with Crippen molar-refractivity contribution in [3.63, 3.8) is 0 Å². The van der Waals surface area contributed by atoms with Gasteiger partial charge in [0.25, 0.3) is 0 Å². The number of alkyl halides is 3. The number of halogens is 3. The van der Waals surface area contributed by atoms with E-state index < -0.39 is 11.7 Å². The van der Waals surface area contributed by atoms with Crippen LogP contribution < -0.4 is 10.1 Å². The van der Waals surface area contributed by atoms with E-state index in [0.29, 0.717) is 6.54 Å². The lowest BCUT2D eigenvalue weighted by Crippen LogP contribution is -2.16. The summed E-state index contributed by atoms with van der Waals surface area (Å²) in [5, 5.41) is 2.85. The molecule has 0 atom stereocenters. The number of hydrogen-bond acceptors (Lipinski definition) is 2. The lowest BCUT2D eigenvalue weighted by molar-refractivity contribution is -0.137. The van der Waals surface area contributed by atoms with Gasteiger partial charge in [0.2, 0.25) is 0 Å². The van der Waals surface area contributed by atoms with Crippen molar-refractivity contribution < 1.29 is 17.9 Å². The first-order valence-electron chi connectivity index (χ1n) is 6.12. The van der Waals surface area contributed by atoms with E-state index in [1.54, 1.807) is 0 Å². The van der Waals surface area contributed by atoms with Crippen molar-refractivity contribution in [2.45, 2.75) is 33.4 Å². The number of hydrogen-bond donors (Lipinski definition) is 1. The molecule has 0 radical (unpaired) electrons. The molecular weight excluding hydrogens is 255 g/mol. The van der Waals surface area contributed by atoms with Crippen molar-refractivity contribution in [3.8, 4) is 5.75 Å². The second-order valence-electron chi connectivity index (χ2n) is 5.65. The number of ether oxygens (including phenoxy) is 1. The molecule has 0 amide bonds. The molecule has 0 heterocycles. The highest BCUT2D eigenvalue weighted by Gasteiger charge is 2.34. The molecule has 108 valence electrons. The summed E-state index contributed by atoms with van der Waals surface area (Å²) in [4.78, 5) is 0. The van der Waals surface area contributed by atoms with E-state index in [4.69, 9.17) is 4.74 Å². The van der Waals surface area contributed by atoms with E-state index in [-0.39, 0.29) is 16.9 Å². The Balaban J connectivity index is 2.88. The highest BCUT2D eigenvalue weighted by Crippen LogP contribution is 2.37. The first-order valence-corrected chi connectivity index (χ1v) is 6.12. The van der Waals surface area contributed by atoms with Crippen LogP contribution in [0.3, 0.4) is 0 Å². The monoisotopic (exact) mass is 275 g/mol. The number of nitrogens with one attached hydrogen (secondary N) is 1. The van der Waals surface area contributed by atoms with Crippen LogP contribution in [-0.4, -0.2) is 13.7 Å². The molecule has 0 fully saturated rings. The summed E-state index contributed by atoms with van der Waals surface area (Å²) >= 11 is 0. The molecule has 0 aliphatic heterocycles. The summed E-state index contributed by atoms with van der Waals surface area (Å²) in [6, 6.07) is 3.94. The third-order valence-corrected chi connectivity index (χ3v) is 2.72. The molecule has 1 N–H and O–H groups in total. The fourth-order valence-corrected chi connectivity index (χ4v) is 1.61. The minimum atomic E-state index is -4.39. The number of benzene rings is 1. The van der Waals surface area contributed by atoms with Gasteiger partial charge in [-0.3, -0.25) is 0 Å². The van der Waals surface area contributed by atoms with Crippen molar-refractivity contribution in [1.29, 1.82) is 0 Å². The van der Waals surface area contributed by atoms with Gasteiger partial charge in [0.05, 0.1) is 12.7 Å². The predicted octanol–water partition coefficient (Wildman–Crippen LogP) is 4.56. The van der Waals surface area contributed by atoms with Gasteiger partial charge in [0, 0.05) is 12.2 Å². The summed E-state index contributed by atoms with van der Waals surface area (Å²) in [5.74, 6) is 0.202. The zero-order valence-electron chi connectivity index (χ0n) is 11.7. The number of methoxy groups -OCH3 is 1. The summed E-state index contributed by atoms with van der Waals surface area (Å²) in [6.45, 7) is 6.65. The summed E-state index contributed by atoms with van der Waals surface area (Å²) in [5.41, 5.74) is -0.518. The van der Waals surface area contributed by atoms with Gasteiger partial charge < -0.3 is 10.1 Å². The van der Waals surface area contributed by atoms with Crippen molar-refractivity contribution in [1.82, 2.24) is 0 Å². The van der Waals surface area contributed by atoms with Crippen LogP contribution in [0.25, 0.3) is 0 Å². The zero-order valence-corrected chi connectivity index (χ0v) is 11.7. The van der Waals surface area contributed by atoms with Crippen molar-refractivity contribution in [2.24, 2.45) is 5.41 Å². The Bertz CT molecular complexity index is 422. The summed E-state index contributed by atoms with van der Waals surface area (Å²) in [6.07, 6.45) is -3.60. The fourth-order valence-electron chi connectivity index (χ4n) is 1.61. The maximum Gasteiger partial charge on any atom is 0.418 e. The van der Waals surface area contributed by atoms with Gasteiger partial charge in [-0.25, -0.2) is 0 Å². The van der Waals surface area contributed by atoms with Gasteiger partial charge in [-0.15, -0.1) is 0 Å². The van der Waals surface area contributed by atoms with E-state index in [1.807, 2.05) is 20.8 Å². The molecule has 1 aromatic carbocycles. The van der Waals surface area contributed by atoms with E-state index >= 15 is 0 Å². The highest BCUT2D eigenvalue weighted by molar-refractivity contribution is 5.55. The quantitative estimate of drug-likeness (QED) is 0.869. The lowest BCUT2D eigenvalue weighted by atomic mass is 9.92. The second-order valence-corrected chi connectivity index (χ2v) is 5.65. The molecular formula is C14H20F3NO. The molecule has 0 spiro atoms. The molecule has 0 unspecified atom stereocenters. The average molecular weight is 275 g/mol. The summed E-state index contributed by atoms with van der Waals surface area (Å²) < 4.78 is 43.6. The third kappa shape index (κ3) is 5.01. The first kappa shape index (κ1) is 15.7. The van der Waals surface area contributed by atoms with Crippen molar-refractivity contribution in [2.75, 3.05) is 19.0 Å². The maximum atomic E-state index is 12.9. The second kappa shape index (κ2) is 5.72. The minimum absolute atomic E-state index is 0.0812. The van der Waals surface area contributed by atoms with Crippen LogP contribution in [0, 0.1) is 5.41 Å². The number of anilines is 1. The van der Waals surface area contributed by atoms with E-state index in [2.05, 4.69) is 5.32 Å². The first-order chi connectivity index (χ1) is 8.63. The summed E-state index contributed by atoms with van der Waals surface area (Å²) in [7, 11) is 1.35. The van der Waals surface area contributed by atoms with Crippen LogP contribution in [0.2, 0.25) is 0 Å². The molecule has 5 heteroatoms. The molecule has 0 saturated carbocycles. The SMILES string of the molecule is COc1ccc(NCCC(C)(C)C)c(C(F)(F)F)c1. The van der Waals surface area contributed by atoms with Gasteiger partial charge in [-0.1, -0.05) is 20.8 Å². The molecule has 1 rings (SSSR count). The van der Waals surface area contributed by atoms with E-state index in [1.165, 1.54) is 19.2 Å². The molecule has 0 aromatic heterocycles. The molecule has 0 bridgehead atoms. The Morgan fingerprint density at radius 3 is 2.26 bits per heavy atom. The molecule has 1 aromatic rings. The standard InChI is InChI=1S/C14H20F3NO/c1-13(2,3)7-8-18-12-6-5-10(19-4)9-11(12)14(15,16)17/h5-6,9,18H,7-8H2,1-4H3. The van der Waals surface area contributed by atoms with Crippen molar-refractivity contribution >= 4 is 5.69 Å². The smallest absolute Gasteiger partial charge is 0.418 e. The van der Waals surface area contributed by atoms with Gasteiger partial charge in [0.15, 0.2) is 0 Å². The zero-order chi connectivity index (χ0) is 14.7. The highest BCUT2D eigenvalue weighted by atomic mass is 19.4. The minimum Gasteiger partial charge on any atom is -0.497 e. The Morgan fingerprint density at radius 2 is 1.79 bits per heavy atom. The molecule has 19 heavy (non-hydrogen) atoms. The number of rotatable bonds is 4. The normalized spacial score (nSPS) is 12.4. The lowest BCUT2D eigenvalue weighted by Gasteiger charge is -2.20. The largest absolute Gasteiger partial charge is 0.497 e. The van der Waals surface area contributed by atoms with Gasteiger partial charge in [-0.2, -0.15) is 13.2 Å². The van der Waals surface area contributed by atoms with E-state index in [0.717, 1.165) is 12.5 Å². The average Bonchev–Trinajstić information content (AvgIpc) is 2.26. The van der Waals surface area contributed by atoms with Crippen LogP contribution in [0.1, 0.15) is 32.8 Å². The van der Waals surface area contributed by atoms with Crippen molar-refractivity contribution in [3.05, 3.63) is 23.8 Å². The molecule has 0 aliphatic rings. The molecule has 0 saturated heterocycles. The predicted molar refractivity (Wildman–Crippen MR) is 70.6 cm³/mol. The van der Waals surface area contributed by atoms with Crippen LogP contribution in [0.5, 0.6) is 5.75 Å².